The summed E-state index contributed by atoms with van der Waals surface area (Å²) in [4.78, 5) is 0.839. The van der Waals surface area contributed by atoms with Crippen LogP contribution in [0.2, 0.25) is 0 Å². The first-order chi connectivity index (χ1) is 6.83. The summed E-state index contributed by atoms with van der Waals surface area (Å²) in [6.07, 6.45) is 1.77. The molecule has 1 aromatic carbocycles. The van der Waals surface area contributed by atoms with Crippen molar-refractivity contribution >= 4 is 11.8 Å². The first kappa shape index (κ1) is 10.4. The SMILES string of the molecule is C=CCSc1cccc(C#N)c1C#N. The average molecular weight is 200 g/mol. The van der Waals surface area contributed by atoms with E-state index in [9.17, 15) is 0 Å². The van der Waals surface area contributed by atoms with Gasteiger partial charge in [0.2, 0.25) is 0 Å². The number of thioether (sulfide) groups is 1. The third-order valence-electron chi connectivity index (χ3n) is 1.62. The van der Waals surface area contributed by atoms with E-state index in [1.807, 2.05) is 18.2 Å². The molecule has 0 N–H and O–H groups in total. The van der Waals surface area contributed by atoms with Crippen molar-refractivity contribution in [3.63, 3.8) is 0 Å². The largest absolute Gasteiger partial charge is 0.192 e. The fourth-order valence-corrected chi connectivity index (χ4v) is 1.78. The zero-order valence-electron chi connectivity index (χ0n) is 7.53. The van der Waals surface area contributed by atoms with Crippen molar-refractivity contribution in [2.45, 2.75) is 4.90 Å². The van der Waals surface area contributed by atoms with Gasteiger partial charge in [-0.25, -0.2) is 0 Å². The van der Waals surface area contributed by atoms with Crippen LogP contribution in [0.25, 0.3) is 0 Å². The summed E-state index contributed by atoms with van der Waals surface area (Å²) < 4.78 is 0. The Balaban J connectivity index is 3.12. The molecule has 14 heavy (non-hydrogen) atoms. The summed E-state index contributed by atoms with van der Waals surface area (Å²) in [7, 11) is 0. The molecule has 0 aliphatic heterocycles. The maximum atomic E-state index is 8.89. The molecular formula is C11H8N2S. The maximum absolute atomic E-state index is 8.89. The van der Waals surface area contributed by atoms with Gasteiger partial charge in [-0.3, -0.25) is 0 Å². The maximum Gasteiger partial charge on any atom is 0.102 e. The molecule has 0 aliphatic carbocycles. The van der Waals surface area contributed by atoms with E-state index in [2.05, 4.69) is 6.58 Å². The van der Waals surface area contributed by atoms with E-state index in [4.69, 9.17) is 10.5 Å². The molecule has 0 saturated carbocycles. The smallest absolute Gasteiger partial charge is 0.102 e. The van der Waals surface area contributed by atoms with Gasteiger partial charge in [-0.15, -0.1) is 18.3 Å². The predicted molar refractivity (Wildman–Crippen MR) is 56.8 cm³/mol. The molecule has 0 bridgehead atoms. The zero-order valence-corrected chi connectivity index (χ0v) is 8.34. The topological polar surface area (TPSA) is 47.6 Å². The van der Waals surface area contributed by atoms with Gasteiger partial charge in [0, 0.05) is 10.6 Å². The summed E-state index contributed by atoms with van der Waals surface area (Å²) in [5.41, 5.74) is 0.892. The van der Waals surface area contributed by atoms with Gasteiger partial charge < -0.3 is 0 Å². The highest BCUT2D eigenvalue weighted by molar-refractivity contribution is 7.99. The lowest BCUT2D eigenvalue weighted by atomic mass is 10.1. The highest BCUT2D eigenvalue weighted by atomic mass is 32.2. The monoisotopic (exact) mass is 200 g/mol. The third kappa shape index (κ3) is 2.16. The average Bonchev–Trinajstić information content (AvgIpc) is 2.25. The molecule has 0 fully saturated rings. The van der Waals surface area contributed by atoms with Crippen LogP contribution in [0.4, 0.5) is 0 Å². The van der Waals surface area contributed by atoms with Crippen LogP contribution < -0.4 is 0 Å². The molecule has 0 aliphatic rings. The van der Waals surface area contributed by atoms with E-state index in [0.717, 1.165) is 10.6 Å². The lowest BCUT2D eigenvalue weighted by Crippen LogP contribution is -1.87. The van der Waals surface area contributed by atoms with Gasteiger partial charge in [0.05, 0.1) is 11.1 Å². The number of rotatable bonds is 3. The van der Waals surface area contributed by atoms with Crippen molar-refractivity contribution in [3.8, 4) is 12.1 Å². The van der Waals surface area contributed by atoms with Crippen molar-refractivity contribution in [2.75, 3.05) is 5.75 Å². The lowest BCUT2D eigenvalue weighted by molar-refractivity contribution is 1.33. The first-order valence-corrected chi connectivity index (χ1v) is 4.99. The number of nitrogens with zero attached hydrogens (tertiary/aromatic N) is 2. The normalized spacial score (nSPS) is 8.71. The molecule has 2 nitrogen and oxygen atoms in total. The van der Waals surface area contributed by atoms with Crippen molar-refractivity contribution < 1.29 is 0 Å². The van der Waals surface area contributed by atoms with Crippen LogP contribution in [0.5, 0.6) is 0 Å². The Morgan fingerprint density at radius 3 is 2.71 bits per heavy atom. The third-order valence-corrected chi connectivity index (χ3v) is 2.67. The van der Waals surface area contributed by atoms with Crippen LogP contribution in [-0.2, 0) is 0 Å². The summed E-state index contributed by atoms with van der Waals surface area (Å²) >= 11 is 1.51. The van der Waals surface area contributed by atoms with Crippen LogP contribution in [0.15, 0.2) is 35.7 Å². The number of hydrogen-bond acceptors (Lipinski definition) is 3. The molecule has 1 aromatic rings. The van der Waals surface area contributed by atoms with Crippen LogP contribution in [0.3, 0.4) is 0 Å². The molecule has 0 radical (unpaired) electrons. The van der Waals surface area contributed by atoms with Crippen molar-refractivity contribution in [2.24, 2.45) is 0 Å². The number of nitriles is 2. The van der Waals surface area contributed by atoms with Crippen molar-refractivity contribution in [1.82, 2.24) is 0 Å². The predicted octanol–water partition coefficient (Wildman–Crippen LogP) is 2.71. The second-order valence-electron chi connectivity index (χ2n) is 2.50. The highest BCUT2D eigenvalue weighted by Crippen LogP contribution is 2.24. The van der Waals surface area contributed by atoms with E-state index in [-0.39, 0.29) is 0 Å². The van der Waals surface area contributed by atoms with Crippen molar-refractivity contribution in [3.05, 3.63) is 42.0 Å². The van der Waals surface area contributed by atoms with E-state index in [0.29, 0.717) is 11.1 Å². The Bertz CT molecular complexity index is 424. The Morgan fingerprint density at radius 1 is 1.36 bits per heavy atom. The second-order valence-corrected chi connectivity index (χ2v) is 3.56. The molecule has 68 valence electrons. The summed E-state index contributed by atoms with van der Waals surface area (Å²) in [5.74, 6) is 0.740. The van der Waals surface area contributed by atoms with Gasteiger partial charge in [-0.05, 0) is 12.1 Å². The minimum Gasteiger partial charge on any atom is -0.192 e. The van der Waals surface area contributed by atoms with Crippen molar-refractivity contribution in [1.29, 1.82) is 10.5 Å². The van der Waals surface area contributed by atoms with Gasteiger partial charge in [0.15, 0.2) is 0 Å². The minimum atomic E-state index is 0.432. The Labute approximate surface area is 87.5 Å². The summed E-state index contributed by atoms with van der Waals surface area (Å²) in [5, 5.41) is 17.7. The quantitative estimate of drug-likeness (QED) is 0.556. The summed E-state index contributed by atoms with van der Waals surface area (Å²) in [6.45, 7) is 3.61. The van der Waals surface area contributed by atoms with Gasteiger partial charge in [-0.2, -0.15) is 10.5 Å². The Kier molecular flexibility index (Phi) is 3.79. The van der Waals surface area contributed by atoms with Gasteiger partial charge >= 0.3 is 0 Å². The molecule has 0 amide bonds. The standard InChI is InChI=1S/C11H8N2S/c1-2-6-14-11-5-3-4-9(7-12)10(11)8-13/h2-5H,1,6H2. The second kappa shape index (κ2) is 5.11. The molecule has 0 aromatic heterocycles. The first-order valence-electron chi connectivity index (χ1n) is 4.00. The van der Waals surface area contributed by atoms with Crippen LogP contribution in [-0.4, -0.2) is 5.75 Å². The number of hydrogen-bond donors (Lipinski definition) is 0. The Morgan fingerprint density at radius 2 is 2.14 bits per heavy atom. The zero-order chi connectivity index (χ0) is 10.4. The molecule has 1 rings (SSSR count). The van der Waals surface area contributed by atoms with Crippen LogP contribution in [0, 0.1) is 22.7 Å². The van der Waals surface area contributed by atoms with Crippen LogP contribution >= 0.6 is 11.8 Å². The molecular weight excluding hydrogens is 192 g/mol. The minimum absolute atomic E-state index is 0.432. The molecule has 3 heteroatoms. The lowest BCUT2D eigenvalue weighted by Gasteiger charge is -2.02. The van der Waals surface area contributed by atoms with Gasteiger partial charge in [-0.1, -0.05) is 12.1 Å². The van der Waals surface area contributed by atoms with Gasteiger partial charge in [0.25, 0.3) is 0 Å². The van der Waals surface area contributed by atoms with E-state index < -0.39 is 0 Å². The molecule has 0 atom stereocenters. The van der Waals surface area contributed by atoms with E-state index in [1.165, 1.54) is 11.8 Å². The highest BCUT2D eigenvalue weighted by Gasteiger charge is 2.06. The van der Waals surface area contributed by atoms with E-state index >= 15 is 0 Å². The number of benzene rings is 1. The Hall–Kier alpha value is -1.71. The molecule has 0 spiro atoms. The fourth-order valence-electron chi connectivity index (χ4n) is 1.01. The van der Waals surface area contributed by atoms with Gasteiger partial charge in [0.1, 0.15) is 12.1 Å². The van der Waals surface area contributed by atoms with Crippen LogP contribution in [0.1, 0.15) is 11.1 Å². The summed E-state index contributed by atoms with van der Waals surface area (Å²) in [6, 6.07) is 9.32. The molecule has 0 heterocycles. The molecule has 0 unspecified atom stereocenters. The molecule has 0 saturated heterocycles. The van der Waals surface area contributed by atoms with E-state index in [1.54, 1.807) is 18.2 Å². The fraction of sp³-hybridized carbons (Fsp3) is 0.0909.